The van der Waals surface area contributed by atoms with E-state index in [0.29, 0.717) is 10.7 Å². The standard InChI is InChI=1S/C12H6ClF4N3O/c1-20-11(12(15,16)17)9(13)10(19-20)6-3-8(21)5(4-18)2-7(6)14/h2-3,21H,1H3. The molecule has 4 nitrogen and oxygen atoms in total. The van der Waals surface area contributed by atoms with Crippen LogP contribution in [0.1, 0.15) is 11.3 Å². The van der Waals surface area contributed by atoms with E-state index in [2.05, 4.69) is 5.10 Å². The van der Waals surface area contributed by atoms with E-state index in [0.717, 1.165) is 13.1 Å². The smallest absolute Gasteiger partial charge is 0.434 e. The molecule has 1 heterocycles. The summed E-state index contributed by atoms with van der Waals surface area (Å²) >= 11 is 5.63. The Balaban J connectivity index is 2.70. The van der Waals surface area contributed by atoms with Crippen LogP contribution in [0.3, 0.4) is 0 Å². The Morgan fingerprint density at radius 3 is 2.48 bits per heavy atom. The lowest BCUT2D eigenvalue weighted by molar-refractivity contribution is -0.143. The zero-order chi connectivity index (χ0) is 15.9. The molecule has 0 aliphatic rings. The number of hydrogen-bond donors (Lipinski definition) is 1. The number of nitriles is 1. The van der Waals surface area contributed by atoms with Gasteiger partial charge in [0.2, 0.25) is 0 Å². The van der Waals surface area contributed by atoms with Crippen LogP contribution in [0.5, 0.6) is 5.75 Å². The van der Waals surface area contributed by atoms with Gasteiger partial charge in [0.1, 0.15) is 23.3 Å². The molecule has 0 radical (unpaired) electrons. The molecular formula is C12H6ClF4N3O. The van der Waals surface area contributed by atoms with Gasteiger partial charge in [0.05, 0.1) is 10.6 Å². The number of nitrogens with zero attached hydrogens (tertiary/aromatic N) is 3. The van der Waals surface area contributed by atoms with Crippen molar-refractivity contribution in [1.82, 2.24) is 9.78 Å². The molecule has 0 saturated heterocycles. The highest BCUT2D eigenvalue weighted by molar-refractivity contribution is 6.33. The molecule has 0 bridgehead atoms. The van der Waals surface area contributed by atoms with Gasteiger partial charge in [-0.05, 0) is 12.1 Å². The van der Waals surface area contributed by atoms with Gasteiger partial charge in [0.15, 0.2) is 5.69 Å². The highest BCUT2D eigenvalue weighted by Gasteiger charge is 2.39. The van der Waals surface area contributed by atoms with Gasteiger partial charge >= 0.3 is 6.18 Å². The zero-order valence-electron chi connectivity index (χ0n) is 10.3. The van der Waals surface area contributed by atoms with Crippen LogP contribution in [0.2, 0.25) is 5.02 Å². The molecule has 0 fully saturated rings. The molecule has 0 aliphatic carbocycles. The molecule has 0 atom stereocenters. The number of aromatic nitrogens is 2. The molecule has 2 aromatic rings. The minimum Gasteiger partial charge on any atom is -0.507 e. The molecule has 21 heavy (non-hydrogen) atoms. The predicted octanol–water partition coefficient (Wildman–Crippen LogP) is 3.48. The van der Waals surface area contributed by atoms with Crippen LogP contribution in [0.25, 0.3) is 11.3 Å². The minimum absolute atomic E-state index is 0.348. The largest absolute Gasteiger partial charge is 0.507 e. The number of hydrogen-bond acceptors (Lipinski definition) is 3. The number of aromatic hydroxyl groups is 1. The average Bonchev–Trinajstić information content (AvgIpc) is 2.66. The maximum Gasteiger partial charge on any atom is 0.434 e. The highest BCUT2D eigenvalue weighted by atomic mass is 35.5. The molecule has 110 valence electrons. The van der Waals surface area contributed by atoms with E-state index in [-0.39, 0.29) is 5.56 Å². The van der Waals surface area contributed by atoms with Gasteiger partial charge in [-0.1, -0.05) is 11.6 Å². The summed E-state index contributed by atoms with van der Waals surface area (Å²) in [5.74, 6) is -1.60. The van der Waals surface area contributed by atoms with Crippen molar-refractivity contribution in [3.63, 3.8) is 0 Å². The van der Waals surface area contributed by atoms with Crippen LogP contribution in [0.15, 0.2) is 12.1 Å². The lowest BCUT2D eigenvalue weighted by Gasteiger charge is -2.06. The first kappa shape index (κ1) is 15.1. The van der Waals surface area contributed by atoms with E-state index in [1.807, 2.05) is 0 Å². The Bertz CT molecular complexity index is 761. The predicted molar refractivity (Wildman–Crippen MR) is 65.0 cm³/mol. The van der Waals surface area contributed by atoms with Crippen molar-refractivity contribution < 1.29 is 22.7 Å². The first-order chi connectivity index (χ1) is 9.66. The normalized spacial score (nSPS) is 11.5. The number of phenolic OH excluding ortho intramolecular Hbond substituents is 1. The summed E-state index contributed by atoms with van der Waals surface area (Å²) in [5.41, 5.74) is -2.48. The number of benzene rings is 1. The summed E-state index contributed by atoms with van der Waals surface area (Å²) in [6, 6.07) is 3.05. The van der Waals surface area contributed by atoms with E-state index in [4.69, 9.17) is 16.9 Å². The van der Waals surface area contributed by atoms with Crippen molar-refractivity contribution in [2.75, 3.05) is 0 Å². The van der Waals surface area contributed by atoms with Gasteiger partial charge < -0.3 is 5.11 Å². The molecule has 1 N–H and O–H groups in total. The quantitative estimate of drug-likeness (QED) is 0.819. The first-order valence-electron chi connectivity index (χ1n) is 5.39. The van der Waals surface area contributed by atoms with Crippen LogP contribution in [0, 0.1) is 17.1 Å². The summed E-state index contributed by atoms with van der Waals surface area (Å²) in [4.78, 5) is 0. The highest BCUT2D eigenvalue weighted by Crippen LogP contribution is 2.41. The fraction of sp³-hybridized carbons (Fsp3) is 0.167. The Morgan fingerprint density at radius 2 is 2.00 bits per heavy atom. The number of alkyl halides is 3. The van der Waals surface area contributed by atoms with Crippen molar-refractivity contribution >= 4 is 11.6 Å². The van der Waals surface area contributed by atoms with E-state index in [1.54, 1.807) is 6.07 Å². The summed E-state index contributed by atoms with van der Waals surface area (Å²) in [6.07, 6.45) is -4.76. The van der Waals surface area contributed by atoms with Gasteiger partial charge in [-0.2, -0.15) is 23.5 Å². The van der Waals surface area contributed by atoms with Gasteiger partial charge in [0, 0.05) is 12.6 Å². The SMILES string of the molecule is Cn1nc(-c2cc(O)c(C#N)cc2F)c(Cl)c1C(F)(F)F. The van der Waals surface area contributed by atoms with Gasteiger partial charge in [-0.15, -0.1) is 0 Å². The number of aryl methyl sites for hydroxylation is 1. The molecule has 0 amide bonds. The third kappa shape index (κ3) is 2.52. The fourth-order valence-electron chi connectivity index (χ4n) is 1.81. The lowest BCUT2D eigenvalue weighted by atomic mass is 10.1. The van der Waals surface area contributed by atoms with Crippen LogP contribution in [-0.4, -0.2) is 14.9 Å². The van der Waals surface area contributed by atoms with Crippen molar-refractivity contribution in [3.05, 3.63) is 34.2 Å². The Labute approximate surface area is 120 Å². The van der Waals surface area contributed by atoms with Gasteiger partial charge in [-0.3, -0.25) is 4.68 Å². The maximum absolute atomic E-state index is 13.9. The van der Waals surface area contributed by atoms with Crippen molar-refractivity contribution in [2.45, 2.75) is 6.18 Å². The molecule has 0 unspecified atom stereocenters. The number of phenols is 1. The first-order valence-corrected chi connectivity index (χ1v) is 5.77. The van der Waals surface area contributed by atoms with Crippen molar-refractivity contribution in [2.24, 2.45) is 7.05 Å². The second kappa shape index (κ2) is 4.93. The van der Waals surface area contributed by atoms with Crippen LogP contribution >= 0.6 is 11.6 Å². The second-order valence-electron chi connectivity index (χ2n) is 4.09. The minimum atomic E-state index is -4.76. The van der Waals surface area contributed by atoms with E-state index < -0.39 is 39.7 Å². The average molecular weight is 320 g/mol. The summed E-state index contributed by atoms with van der Waals surface area (Å²) in [5, 5.41) is 20.9. The maximum atomic E-state index is 13.9. The van der Waals surface area contributed by atoms with E-state index in [9.17, 15) is 22.7 Å². The molecule has 1 aromatic heterocycles. The molecule has 0 spiro atoms. The summed E-state index contributed by atoms with van der Waals surface area (Å²) < 4.78 is 52.8. The van der Waals surface area contributed by atoms with E-state index in [1.165, 1.54) is 0 Å². The molecule has 2 rings (SSSR count). The summed E-state index contributed by atoms with van der Waals surface area (Å²) in [6.45, 7) is 0. The molecule has 0 aliphatic heterocycles. The molecule has 0 saturated carbocycles. The van der Waals surface area contributed by atoms with Crippen molar-refractivity contribution in [1.29, 1.82) is 5.26 Å². The van der Waals surface area contributed by atoms with Crippen LogP contribution < -0.4 is 0 Å². The topological polar surface area (TPSA) is 61.8 Å². The fourth-order valence-corrected chi connectivity index (χ4v) is 2.18. The van der Waals surface area contributed by atoms with Crippen molar-refractivity contribution in [3.8, 4) is 23.1 Å². The van der Waals surface area contributed by atoms with E-state index >= 15 is 0 Å². The van der Waals surface area contributed by atoms with Crippen LogP contribution in [-0.2, 0) is 13.2 Å². The molecule has 9 heteroatoms. The molecule has 1 aromatic carbocycles. The third-order valence-corrected chi connectivity index (χ3v) is 3.08. The lowest BCUT2D eigenvalue weighted by Crippen LogP contribution is -2.12. The van der Waals surface area contributed by atoms with Gasteiger partial charge in [-0.25, -0.2) is 4.39 Å². The Morgan fingerprint density at radius 1 is 1.38 bits per heavy atom. The summed E-state index contributed by atoms with van der Waals surface area (Å²) in [7, 11) is 1.01. The third-order valence-electron chi connectivity index (χ3n) is 2.72. The number of rotatable bonds is 1. The number of halogens is 5. The van der Waals surface area contributed by atoms with Crippen LogP contribution in [0.4, 0.5) is 17.6 Å². The monoisotopic (exact) mass is 319 g/mol. The zero-order valence-corrected chi connectivity index (χ0v) is 11.1. The Kier molecular flexibility index (Phi) is 3.55. The molecular weight excluding hydrogens is 314 g/mol. The second-order valence-corrected chi connectivity index (χ2v) is 4.47. The Hall–Kier alpha value is -2.27. The van der Waals surface area contributed by atoms with Gasteiger partial charge in [0.25, 0.3) is 0 Å².